The van der Waals surface area contributed by atoms with Crippen LogP contribution in [0.3, 0.4) is 0 Å². The Kier molecular flexibility index (Phi) is 2.95. The van der Waals surface area contributed by atoms with E-state index in [4.69, 9.17) is 0 Å². The molecule has 0 N–H and O–H groups in total. The Labute approximate surface area is 84.5 Å². The van der Waals surface area contributed by atoms with Crippen molar-refractivity contribution in [2.45, 2.75) is 24.5 Å². The van der Waals surface area contributed by atoms with E-state index >= 15 is 0 Å². The second-order valence-corrected chi connectivity index (χ2v) is 7.87. The molecule has 0 amide bonds. The van der Waals surface area contributed by atoms with Gasteiger partial charge in [0.15, 0.2) is 9.84 Å². The van der Waals surface area contributed by atoms with E-state index in [-0.39, 0.29) is 12.4 Å². The molecule has 1 aliphatic carbocycles. The van der Waals surface area contributed by atoms with Crippen LogP contribution < -0.4 is 0 Å². The largest absolute Gasteiger partial charge is 0.269 e. The van der Waals surface area contributed by atoms with Crippen molar-refractivity contribution in [2.24, 2.45) is 0 Å². The van der Waals surface area contributed by atoms with Crippen LogP contribution in [-0.4, -0.2) is 40.2 Å². The third-order valence-corrected chi connectivity index (χ3v) is 5.54. The zero-order valence-electron chi connectivity index (χ0n) is 8.19. The molecular formula is C7H14O5S2. The molecule has 0 aromatic heterocycles. The Morgan fingerprint density at radius 2 is 1.71 bits per heavy atom. The van der Waals surface area contributed by atoms with Crippen LogP contribution in [0.5, 0.6) is 0 Å². The van der Waals surface area contributed by atoms with Crippen molar-refractivity contribution >= 4 is 20.0 Å². The van der Waals surface area contributed by atoms with Crippen molar-refractivity contribution in [2.75, 3.05) is 18.6 Å². The van der Waals surface area contributed by atoms with Crippen molar-refractivity contribution in [3.05, 3.63) is 0 Å². The van der Waals surface area contributed by atoms with Crippen molar-refractivity contribution in [3.8, 4) is 0 Å². The summed E-state index contributed by atoms with van der Waals surface area (Å²) in [5.74, 6) is 0.0279. The molecule has 0 aromatic rings. The molecule has 0 aliphatic heterocycles. The molecule has 0 unspecified atom stereocenters. The molecule has 0 atom stereocenters. The first-order chi connectivity index (χ1) is 6.22. The average Bonchev–Trinajstić information content (AvgIpc) is 2.80. The molecule has 0 radical (unpaired) electrons. The first-order valence-electron chi connectivity index (χ1n) is 4.29. The summed E-state index contributed by atoms with van der Waals surface area (Å²) in [7, 11) is -6.75. The number of rotatable bonds is 5. The van der Waals surface area contributed by atoms with Crippen LogP contribution in [-0.2, 0) is 24.1 Å². The SMILES string of the molecule is CCS(=O)(=O)C1(COS(C)(=O)=O)CC1. The van der Waals surface area contributed by atoms with Gasteiger partial charge in [0, 0.05) is 5.75 Å². The van der Waals surface area contributed by atoms with Gasteiger partial charge in [0.25, 0.3) is 10.1 Å². The molecule has 5 nitrogen and oxygen atoms in total. The van der Waals surface area contributed by atoms with Gasteiger partial charge in [-0.25, -0.2) is 8.42 Å². The van der Waals surface area contributed by atoms with Crippen LogP contribution in [0.1, 0.15) is 19.8 Å². The van der Waals surface area contributed by atoms with E-state index in [9.17, 15) is 16.8 Å². The predicted octanol–water partition coefficient (Wildman–Crippen LogP) is -0.0701. The smallest absolute Gasteiger partial charge is 0.264 e. The van der Waals surface area contributed by atoms with Crippen molar-refractivity contribution < 1.29 is 21.0 Å². The summed E-state index contributed by atoms with van der Waals surface area (Å²) in [4.78, 5) is 0. The molecule has 0 saturated heterocycles. The van der Waals surface area contributed by atoms with Crippen LogP contribution in [0.4, 0.5) is 0 Å². The fraction of sp³-hybridized carbons (Fsp3) is 1.00. The molecule has 14 heavy (non-hydrogen) atoms. The maximum absolute atomic E-state index is 11.5. The van der Waals surface area contributed by atoms with Crippen LogP contribution in [0.2, 0.25) is 0 Å². The number of hydrogen-bond donors (Lipinski definition) is 0. The Bertz CT molecular complexity index is 401. The summed E-state index contributed by atoms with van der Waals surface area (Å²) in [6.07, 6.45) is 1.92. The van der Waals surface area contributed by atoms with Gasteiger partial charge in [-0.1, -0.05) is 6.92 Å². The molecule has 84 valence electrons. The quantitative estimate of drug-likeness (QED) is 0.631. The number of hydrogen-bond acceptors (Lipinski definition) is 5. The summed E-state index contributed by atoms with van der Waals surface area (Å²) in [6, 6.07) is 0. The predicted molar refractivity (Wildman–Crippen MR) is 52.2 cm³/mol. The highest BCUT2D eigenvalue weighted by molar-refractivity contribution is 7.93. The van der Waals surface area contributed by atoms with E-state index in [0.29, 0.717) is 12.8 Å². The van der Waals surface area contributed by atoms with Crippen LogP contribution in [0, 0.1) is 0 Å². The van der Waals surface area contributed by atoms with Gasteiger partial charge in [0.05, 0.1) is 17.6 Å². The zero-order chi connectivity index (χ0) is 11.0. The van der Waals surface area contributed by atoms with Crippen molar-refractivity contribution in [1.29, 1.82) is 0 Å². The van der Waals surface area contributed by atoms with Gasteiger partial charge in [0.1, 0.15) is 0 Å². The molecule has 7 heteroatoms. The van der Waals surface area contributed by atoms with E-state index in [2.05, 4.69) is 4.18 Å². The molecule has 1 aliphatic rings. The molecule has 0 bridgehead atoms. The summed E-state index contributed by atoms with van der Waals surface area (Å²) < 4.78 is 48.1. The molecule has 0 aromatic carbocycles. The van der Waals surface area contributed by atoms with Gasteiger partial charge in [0.2, 0.25) is 0 Å². The summed E-state index contributed by atoms with van der Waals surface area (Å²) in [6.45, 7) is 1.32. The average molecular weight is 242 g/mol. The van der Waals surface area contributed by atoms with E-state index in [1.165, 1.54) is 0 Å². The van der Waals surface area contributed by atoms with Gasteiger partial charge in [-0.05, 0) is 12.8 Å². The second kappa shape index (κ2) is 3.46. The van der Waals surface area contributed by atoms with Gasteiger partial charge in [-0.15, -0.1) is 0 Å². The normalized spacial score (nSPS) is 20.7. The minimum Gasteiger partial charge on any atom is -0.269 e. The molecule has 1 fully saturated rings. The summed E-state index contributed by atoms with van der Waals surface area (Å²) in [5.41, 5.74) is 0. The fourth-order valence-electron chi connectivity index (χ4n) is 1.21. The first-order valence-corrected chi connectivity index (χ1v) is 7.76. The minimum atomic E-state index is -3.55. The Hall–Kier alpha value is -0.140. The fourth-order valence-corrected chi connectivity index (χ4v) is 3.29. The maximum Gasteiger partial charge on any atom is 0.264 e. The molecule has 1 saturated carbocycles. The minimum absolute atomic E-state index is 0.0279. The van der Waals surface area contributed by atoms with Gasteiger partial charge in [-0.2, -0.15) is 8.42 Å². The highest BCUT2D eigenvalue weighted by atomic mass is 32.2. The zero-order valence-corrected chi connectivity index (χ0v) is 9.82. The van der Waals surface area contributed by atoms with Gasteiger partial charge < -0.3 is 0 Å². The topological polar surface area (TPSA) is 77.5 Å². The third kappa shape index (κ3) is 2.46. The second-order valence-electron chi connectivity index (χ2n) is 3.55. The Morgan fingerprint density at radius 1 is 1.21 bits per heavy atom. The monoisotopic (exact) mass is 242 g/mol. The molecule has 0 heterocycles. The molecular weight excluding hydrogens is 228 g/mol. The Morgan fingerprint density at radius 3 is 2.00 bits per heavy atom. The van der Waals surface area contributed by atoms with E-state index in [1.54, 1.807) is 6.92 Å². The lowest BCUT2D eigenvalue weighted by atomic mass is 10.5. The van der Waals surface area contributed by atoms with E-state index in [1.807, 2.05) is 0 Å². The lowest BCUT2D eigenvalue weighted by Crippen LogP contribution is -2.31. The van der Waals surface area contributed by atoms with E-state index < -0.39 is 24.7 Å². The van der Waals surface area contributed by atoms with Crippen LogP contribution in [0.15, 0.2) is 0 Å². The highest BCUT2D eigenvalue weighted by Crippen LogP contribution is 2.44. The Balaban J connectivity index is 2.71. The summed E-state index contributed by atoms with van der Waals surface area (Å²) in [5, 5.41) is 0. The number of sulfone groups is 1. The van der Waals surface area contributed by atoms with Crippen molar-refractivity contribution in [1.82, 2.24) is 0 Å². The maximum atomic E-state index is 11.5. The highest BCUT2D eigenvalue weighted by Gasteiger charge is 2.54. The summed E-state index contributed by atoms with van der Waals surface area (Å²) >= 11 is 0. The lowest BCUT2D eigenvalue weighted by Gasteiger charge is -2.13. The van der Waals surface area contributed by atoms with Crippen molar-refractivity contribution in [3.63, 3.8) is 0 Å². The standard InChI is InChI=1S/C7H14O5S2/c1-3-14(10,11)7(4-5-7)6-12-13(2,8)9/h3-6H2,1-2H3. The van der Waals surface area contributed by atoms with Crippen LogP contribution >= 0.6 is 0 Å². The van der Waals surface area contributed by atoms with Gasteiger partial charge >= 0.3 is 0 Å². The molecule has 1 rings (SSSR count). The van der Waals surface area contributed by atoms with E-state index in [0.717, 1.165) is 6.26 Å². The molecule has 0 spiro atoms. The first kappa shape index (κ1) is 11.9. The van der Waals surface area contributed by atoms with Gasteiger partial charge in [-0.3, -0.25) is 4.18 Å². The lowest BCUT2D eigenvalue weighted by molar-refractivity contribution is 0.311. The third-order valence-electron chi connectivity index (χ3n) is 2.38. The van der Waals surface area contributed by atoms with Crippen LogP contribution in [0.25, 0.3) is 0 Å².